The summed E-state index contributed by atoms with van der Waals surface area (Å²) < 4.78 is 5.61. The largest absolute Gasteiger partial charge is 0.493 e. The molecule has 0 unspecified atom stereocenters. The van der Waals surface area contributed by atoms with Crippen LogP contribution in [0.4, 0.5) is 0 Å². The number of nitrogens with one attached hydrogen (secondary N) is 1. The van der Waals surface area contributed by atoms with Crippen LogP contribution in [-0.4, -0.2) is 18.6 Å². The number of nitrogens with two attached hydrogens (primary N) is 1. The van der Waals surface area contributed by atoms with E-state index < -0.39 is 6.04 Å². The molecule has 0 fully saturated rings. The van der Waals surface area contributed by atoms with Gasteiger partial charge in [-0.25, -0.2) is 0 Å². The van der Waals surface area contributed by atoms with Gasteiger partial charge in [-0.3, -0.25) is 4.79 Å². The molecule has 4 heteroatoms. The van der Waals surface area contributed by atoms with E-state index in [1.165, 1.54) is 11.1 Å². The molecule has 1 aliphatic heterocycles. The molecule has 126 valence electrons. The molecule has 1 heterocycles. The van der Waals surface area contributed by atoms with Crippen LogP contribution in [0.15, 0.2) is 48.5 Å². The molecule has 3 rings (SSSR count). The van der Waals surface area contributed by atoms with Crippen molar-refractivity contribution in [1.82, 2.24) is 5.32 Å². The third-order valence-corrected chi connectivity index (χ3v) is 4.36. The molecule has 1 atom stereocenters. The van der Waals surface area contributed by atoms with Gasteiger partial charge in [0.25, 0.3) is 0 Å². The quantitative estimate of drug-likeness (QED) is 0.858. The van der Waals surface area contributed by atoms with Crippen molar-refractivity contribution in [2.45, 2.75) is 38.3 Å². The van der Waals surface area contributed by atoms with Crippen LogP contribution in [0.3, 0.4) is 0 Å². The Morgan fingerprint density at radius 3 is 2.83 bits per heavy atom. The third kappa shape index (κ3) is 4.36. The molecule has 0 aromatic heterocycles. The van der Waals surface area contributed by atoms with Gasteiger partial charge in [0, 0.05) is 6.54 Å². The van der Waals surface area contributed by atoms with E-state index in [-0.39, 0.29) is 5.91 Å². The number of benzene rings is 2. The SMILES string of the molecule is N[C@@H](CCc1ccccc1)C(=O)NCc1ccc2c(c1)CCCO2. The van der Waals surface area contributed by atoms with Crippen molar-refractivity contribution in [3.63, 3.8) is 0 Å². The first-order valence-corrected chi connectivity index (χ1v) is 8.54. The highest BCUT2D eigenvalue weighted by Gasteiger charge is 2.14. The number of amides is 1. The van der Waals surface area contributed by atoms with E-state index in [4.69, 9.17) is 10.5 Å². The maximum absolute atomic E-state index is 12.2. The number of carbonyl (C=O) groups excluding carboxylic acids is 1. The van der Waals surface area contributed by atoms with Crippen molar-refractivity contribution >= 4 is 5.91 Å². The number of carbonyl (C=O) groups is 1. The summed E-state index contributed by atoms with van der Waals surface area (Å²) >= 11 is 0. The Bertz CT molecular complexity index is 685. The van der Waals surface area contributed by atoms with E-state index in [1.54, 1.807) is 0 Å². The zero-order chi connectivity index (χ0) is 16.8. The van der Waals surface area contributed by atoms with Crippen LogP contribution in [0, 0.1) is 0 Å². The van der Waals surface area contributed by atoms with E-state index in [2.05, 4.69) is 23.5 Å². The van der Waals surface area contributed by atoms with Crippen LogP contribution in [0.2, 0.25) is 0 Å². The van der Waals surface area contributed by atoms with Crippen molar-refractivity contribution in [3.8, 4) is 5.75 Å². The van der Waals surface area contributed by atoms with Crippen molar-refractivity contribution in [2.75, 3.05) is 6.61 Å². The zero-order valence-electron chi connectivity index (χ0n) is 13.8. The second kappa shape index (κ2) is 7.97. The number of hydrogen-bond acceptors (Lipinski definition) is 3. The molecule has 3 N–H and O–H groups in total. The Morgan fingerprint density at radius 1 is 1.17 bits per heavy atom. The van der Waals surface area contributed by atoms with Crippen LogP contribution in [0.1, 0.15) is 29.5 Å². The van der Waals surface area contributed by atoms with Crippen molar-refractivity contribution in [2.24, 2.45) is 5.73 Å². The van der Waals surface area contributed by atoms with Crippen molar-refractivity contribution < 1.29 is 9.53 Å². The lowest BCUT2D eigenvalue weighted by atomic mass is 10.0. The van der Waals surface area contributed by atoms with Gasteiger partial charge >= 0.3 is 0 Å². The maximum atomic E-state index is 12.2. The molecule has 0 saturated heterocycles. The Labute approximate surface area is 143 Å². The number of ether oxygens (including phenoxy) is 1. The Hall–Kier alpha value is -2.33. The molecule has 0 radical (unpaired) electrons. The number of rotatable bonds is 6. The predicted molar refractivity (Wildman–Crippen MR) is 94.8 cm³/mol. The molecule has 0 saturated carbocycles. The van der Waals surface area contributed by atoms with Gasteiger partial charge < -0.3 is 15.8 Å². The minimum absolute atomic E-state index is 0.0973. The molecule has 0 bridgehead atoms. The first-order valence-electron chi connectivity index (χ1n) is 8.54. The summed E-state index contributed by atoms with van der Waals surface area (Å²) in [6.45, 7) is 1.30. The predicted octanol–water partition coefficient (Wildman–Crippen LogP) is 2.59. The van der Waals surface area contributed by atoms with Crippen LogP contribution >= 0.6 is 0 Å². The second-order valence-electron chi connectivity index (χ2n) is 6.24. The van der Waals surface area contributed by atoms with Crippen LogP contribution < -0.4 is 15.8 Å². The summed E-state index contributed by atoms with van der Waals surface area (Å²) in [7, 11) is 0. The minimum Gasteiger partial charge on any atom is -0.493 e. The lowest BCUT2D eigenvalue weighted by Gasteiger charge is -2.18. The average Bonchev–Trinajstić information content (AvgIpc) is 2.64. The summed E-state index contributed by atoms with van der Waals surface area (Å²) in [5.74, 6) is 0.871. The maximum Gasteiger partial charge on any atom is 0.237 e. The monoisotopic (exact) mass is 324 g/mol. The van der Waals surface area contributed by atoms with Gasteiger partial charge in [0.1, 0.15) is 5.75 Å². The van der Waals surface area contributed by atoms with Crippen LogP contribution in [0.5, 0.6) is 5.75 Å². The highest BCUT2D eigenvalue weighted by Crippen LogP contribution is 2.25. The number of aryl methyl sites for hydroxylation is 2. The van der Waals surface area contributed by atoms with E-state index in [0.717, 1.165) is 37.2 Å². The Morgan fingerprint density at radius 2 is 2.00 bits per heavy atom. The van der Waals surface area contributed by atoms with Gasteiger partial charge in [-0.1, -0.05) is 42.5 Å². The zero-order valence-corrected chi connectivity index (χ0v) is 13.8. The number of hydrogen-bond donors (Lipinski definition) is 2. The van der Waals surface area contributed by atoms with E-state index in [0.29, 0.717) is 13.0 Å². The summed E-state index contributed by atoms with van der Waals surface area (Å²) in [6.07, 6.45) is 3.54. The fraction of sp³-hybridized carbons (Fsp3) is 0.350. The van der Waals surface area contributed by atoms with E-state index in [1.807, 2.05) is 30.3 Å². The molecule has 1 aliphatic rings. The molecule has 1 amide bonds. The Kier molecular flexibility index (Phi) is 5.49. The summed E-state index contributed by atoms with van der Waals surface area (Å²) in [5.41, 5.74) is 9.52. The minimum atomic E-state index is -0.480. The van der Waals surface area contributed by atoms with Crippen LogP contribution in [0.25, 0.3) is 0 Å². The molecule has 2 aromatic carbocycles. The first-order chi connectivity index (χ1) is 11.7. The molecule has 24 heavy (non-hydrogen) atoms. The highest BCUT2D eigenvalue weighted by molar-refractivity contribution is 5.81. The third-order valence-electron chi connectivity index (χ3n) is 4.36. The summed E-state index contributed by atoms with van der Waals surface area (Å²) in [6, 6.07) is 15.7. The fourth-order valence-electron chi connectivity index (χ4n) is 2.94. The lowest BCUT2D eigenvalue weighted by molar-refractivity contribution is -0.122. The molecule has 0 aliphatic carbocycles. The number of fused-ring (bicyclic) bond motifs is 1. The van der Waals surface area contributed by atoms with Gasteiger partial charge in [-0.2, -0.15) is 0 Å². The van der Waals surface area contributed by atoms with Gasteiger partial charge in [0.2, 0.25) is 5.91 Å². The summed E-state index contributed by atoms with van der Waals surface area (Å²) in [4.78, 5) is 12.2. The fourth-order valence-corrected chi connectivity index (χ4v) is 2.94. The normalized spacial score (nSPS) is 14.4. The van der Waals surface area contributed by atoms with Gasteiger partial charge in [0.05, 0.1) is 12.6 Å². The van der Waals surface area contributed by atoms with Crippen LogP contribution in [-0.2, 0) is 24.2 Å². The standard InChI is InChI=1S/C20H24N2O2/c21-18(10-8-15-5-2-1-3-6-15)20(23)22-14-16-9-11-19-17(13-16)7-4-12-24-19/h1-3,5-6,9,11,13,18H,4,7-8,10,12,14,21H2,(H,22,23)/t18-/m0/s1. The highest BCUT2D eigenvalue weighted by atomic mass is 16.5. The Balaban J connectivity index is 1.48. The topological polar surface area (TPSA) is 64.4 Å². The lowest BCUT2D eigenvalue weighted by Crippen LogP contribution is -2.40. The first kappa shape index (κ1) is 16.5. The second-order valence-corrected chi connectivity index (χ2v) is 6.24. The van der Waals surface area contributed by atoms with Gasteiger partial charge in [-0.05, 0) is 48.4 Å². The smallest absolute Gasteiger partial charge is 0.237 e. The molecule has 0 spiro atoms. The van der Waals surface area contributed by atoms with E-state index >= 15 is 0 Å². The average molecular weight is 324 g/mol. The molecule has 4 nitrogen and oxygen atoms in total. The van der Waals surface area contributed by atoms with Gasteiger partial charge in [-0.15, -0.1) is 0 Å². The molecule has 2 aromatic rings. The van der Waals surface area contributed by atoms with Crippen molar-refractivity contribution in [3.05, 3.63) is 65.2 Å². The summed E-state index contributed by atoms with van der Waals surface area (Å²) in [5, 5.41) is 2.94. The molecular formula is C20H24N2O2. The van der Waals surface area contributed by atoms with Gasteiger partial charge in [0.15, 0.2) is 0 Å². The molecular weight excluding hydrogens is 300 g/mol. The van der Waals surface area contributed by atoms with Crippen molar-refractivity contribution in [1.29, 1.82) is 0 Å². The van der Waals surface area contributed by atoms with E-state index in [9.17, 15) is 4.79 Å².